The summed E-state index contributed by atoms with van der Waals surface area (Å²) >= 11 is 0. The summed E-state index contributed by atoms with van der Waals surface area (Å²) in [4.78, 5) is 39.2. The molecule has 2 aliphatic heterocycles. The van der Waals surface area contributed by atoms with Crippen LogP contribution in [0.5, 0.6) is 11.5 Å². The van der Waals surface area contributed by atoms with Gasteiger partial charge in [0, 0.05) is 19.2 Å². The second-order valence-electron chi connectivity index (χ2n) is 7.16. The van der Waals surface area contributed by atoms with Gasteiger partial charge in [-0.1, -0.05) is 24.3 Å². The summed E-state index contributed by atoms with van der Waals surface area (Å²) in [5.74, 6) is -0.277. The molecule has 0 aromatic heterocycles. The average molecular weight is 410 g/mol. The largest absolute Gasteiger partial charge is 0.469 e. The number of nitrogens with one attached hydrogen (secondary N) is 1. The summed E-state index contributed by atoms with van der Waals surface area (Å²) < 4.78 is 15.5. The smallest absolute Gasteiger partial charge is 0.307 e. The number of hydrogen-bond donors (Lipinski definition) is 1. The average Bonchev–Trinajstić information content (AvgIpc) is 3.23. The highest BCUT2D eigenvalue weighted by atomic mass is 16.7. The lowest BCUT2D eigenvalue weighted by atomic mass is 9.79. The molecule has 2 aliphatic rings. The van der Waals surface area contributed by atoms with Crippen LogP contribution in [0.1, 0.15) is 39.9 Å². The van der Waals surface area contributed by atoms with E-state index >= 15 is 0 Å². The summed E-state index contributed by atoms with van der Waals surface area (Å²) in [7, 11) is 2.99. The quantitative estimate of drug-likeness (QED) is 0.758. The first-order valence-electron chi connectivity index (χ1n) is 9.61. The first-order chi connectivity index (χ1) is 14.5. The van der Waals surface area contributed by atoms with E-state index in [1.807, 2.05) is 12.1 Å². The number of ether oxygens (including phenoxy) is 3. The van der Waals surface area contributed by atoms with Crippen molar-refractivity contribution in [3.05, 3.63) is 59.2 Å². The van der Waals surface area contributed by atoms with Crippen LogP contribution >= 0.6 is 0 Å². The van der Waals surface area contributed by atoms with Crippen LogP contribution in [0.3, 0.4) is 0 Å². The molecule has 2 aromatic rings. The van der Waals surface area contributed by atoms with Gasteiger partial charge in [-0.15, -0.1) is 0 Å². The maximum Gasteiger partial charge on any atom is 0.307 e. The summed E-state index contributed by atoms with van der Waals surface area (Å²) in [6, 6.07) is 12.0. The molecule has 0 fully saturated rings. The van der Waals surface area contributed by atoms with Crippen LogP contribution in [0, 0.1) is 0 Å². The molecule has 0 bridgehead atoms. The van der Waals surface area contributed by atoms with Crippen molar-refractivity contribution in [1.82, 2.24) is 10.2 Å². The van der Waals surface area contributed by atoms with Gasteiger partial charge in [0.25, 0.3) is 5.91 Å². The molecule has 2 atom stereocenters. The molecule has 156 valence electrons. The van der Waals surface area contributed by atoms with Gasteiger partial charge < -0.3 is 24.4 Å². The molecule has 1 N–H and O–H groups in total. The molecule has 2 heterocycles. The van der Waals surface area contributed by atoms with Crippen LogP contribution < -0.4 is 14.8 Å². The zero-order valence-corrected chi connectivity index (χ0v) is 16.7. The minimum atomic E-state index is -0.651. The standard InChI is InChI=1S/C22H22N2O6/c1-24-20(13-7-8-16-17(11-13)30-12-29-16)19(21(26)23-10-9-18(25)28-2)14-5-3-4-6-15(14)22(24)27/h3-8,11,19-20H,9-10,12H2,1-2H3,(H,23,26)/t19-,20+/m1/s1. The van der Waals surface area contributed by atoms with E-state index in [1.165, 1.54) is 7.11 Å². The van der Waals surface area contributed by atoms with Gasteiger partial charge in [0.1, 0.15) is 0 Å². The molecule has 8 heteroatoms. The highest BCUT2D eigenvalue weighted by Crippen LogP contribution is 2.44. The number of fused-ring (bicyclic) bond motifs is 2. The number of methoxy groups -OCH3 is 1. The number of carbonyl (C=O) groups is 3. The van der Waals surface area contributed by atoms with Crippen molar-refractivity contribution in [2.24, 2.45) is 0 Å². The highest BCUT2D eigenvalue weighted by Gasteiger charge is 2.42. The predicted molar refractivity (Wildman–Crippen MR) is 106 cm³/mol. The van der Waals surface area contributed by atoms with Crippen molar-refractivity contribution < 1.29 is 28.6 Å². The minimum Gasteiger partial charge on any atom is -0.469 e. The van der Waals surface area contributed by atoms with Crippen molar-refractivity contribution in [2.45, 2.75) is 18.4 Å². The lowest BCUT2D eigenvalue weighted by molar-refractivity contribution is -0.140. The molecule has 0 radical (unpaired) electrons. The number of carbonyl (C=O) groups excluding carboxylic acids is 3. The van der Waals surface area contributed by atoms with Crippen LogP contribution in [-0.4, -0.2) is 50.2 Å². The van der Waals surface area contributed by atoms with Gasteiger partial charge in [-0.3, -0.25) is 14.4 Å². The molecule has 0 spiro atoms. The molecule has 2 amide bonds. The number of rotatable bonds is 5. The third kappa shape index (κ3) is 3.45. The SMILES string of the molecule is COC(=O)CCNC(=O)[C@@H]1c2ccccc2C(=O)N(C)[C@H]1c1ccc2c(c1)OCO2. The Morgan fingerprint density at radius 1 is 1.17 bits per heavy atom. The molecule has 30 heavy (non-hydrogen) atoms. The number of hydrogen-bond acceptors (Lipinski definition) is 6. The number of amides is 2. The Labute approximate surface area is 173 Å². The number of nitrogens with zero attached hydrogens (tertiary/aromatic N) is 1. The van der Waals surface area contributed by atoms with Gasteiger partial charge in [0.2, 0.25) is 12.7 Å². The van der Waals surface area contributed by atoms with E-state index in [2.05, 4.69) is 10.1 Å². The first kappa shape index (κ1) is 19.8. The fourth-order valence-electron chi connectivity index (χ4n) is 3.97. The van der Waals surface area contributed by atoms with E-state index < -0.39 is 17.9 Å². The van der Waals surface area contributed by atoms with Gasteiger partial charge in [-0.2, -0.15) is 0 Å². The van der Waals surface area contributed by atoms with E-state index in [-0.39, 0.29) is 31.6 Å². The van der Waals surface area contributed by atoms with Crippen LogP contribution in [0.15, 0.2) is 42.5 Å². The van der Waals surface area contributed by atoms with Crippen molar-refractivity contribution >= 4 is 17.8 Å². The molecular weight excluding hydrogens is 388 g/mol. The van der Waals surface area contributed by atoms with Crippen LogP contribution in [0.25, 0.3) is 0 Å². The van der Waals surface area contributed by atoms with Crippen LogP contribution in [0.2, 0.25) is 0 Å². The van der Waals surface area contributed by atoms with Gasteiger partial charge >= 0.3 is 5.97 Å². The maximum absolute atomic E-state index is 13.2. The lowest BCUT2D eigenvalue weighted by Crippen LogP contribution is -2.45. The Hall–Kier alpha value is -3.55. The summed E-state index contributed by atoms with van der Waals surface area (Å²) in [6.07, 6.45) is 0.0695. The number of benzene rings is 2. The molecule has 2 aromatic carbocycles. The van der Waals surface area contributed by atoms with Gasteiger partial charge in [-0.05, 0) is 29.3 Å². The molecule has 0 saturated heterocycles. The van der Waals surface area contributed by atoms with E-state index in [9.17, 15) is 14.4 Å². The van der Waals surface area contributed by atoms with Crippen molar-refractivity contribution in [3.8, 4) is 11.5 Å². The Bertz CT molecular complexity index is 1000. The highest BCUT2D eigenvalue weighted by molar-refractivity contribution is 6.01. The second-order valence-corrected chi connectivity index (χ2v) is 7.16. The summed E-state index contributed by atoms with van der Waals surface area (Å²) in [6.45, 7) is 0.286. The molecule has 0 saturated carbocycles. The Kier molecular flexibility index (Phi) is 5.31. The minimum absolute atomic E-state index is 0.0695. The maximum atomic E-state index is 13.2. The normalized spacial score (nSPS) is 19.3. The van der Waals surface area contributed by atoms with Crippen molar-refractivity contribution in [3.63, 3.8) is 0 Å². The van der Waals surface area contributed by atoms with E-state index in [0.717, 1.165) is 5.56 Å². The van der Waals surface area contributed by atoms with Crippen molar-refractivity contribution in [1.29, 1.82) is 0 Å². The van der Waals surface area contributed by atoms with Gasteiger partial charge in [-0.25, -0.2) is 0 Å². The Morgan fingerprint density at radius 2 is 1.93 bits per heavy atom. The van der Waals surface area contributed by atoms with E-state index in [1.54, 1.807) is 42.3 Å². The predicted octanol–water partition coefficient (Wildman–Crippen LogP) is 2.01. The van der Waals surface area contributed by atoms with Crippen LogP contribution in [-0.2, 0) is 14.3 Å². The van der Waals surface area contributed by atoms with E-state index in [0.29, 0.717) is 22.6 Å². The van der Waals surface area contributed by atoms with Gasteiger partial charge in [0.05, 0.1) is 25.5 Å². The number of likely N-dealkylation sites (N-methyl/N-ethyl adjacent to an activating group) is 1. The molecule has 8 nitrogen and oxygen atoms in total. The molecule has 0 unspecified atom stereocenters. The van der Waals surface area contributed by atoms with Gasteiger partial charge in [0.15, 0.2) is 11.5 Å². The van der Waals surface area contributed by atoms with Crippen molar-refractivity contribution in [2.75, 3.05) is 27.5 Å². The molecule has 4 rings (SSSR count). The zero-order chi connectivity index (χ0) is 21.3. The zero-order valence-electron chi connectivity index (χ0n) is 16.7. The summed E-state index contributed by atoms with van der Waals surface area (Å²) in [5, 5.41) is 2.81. The lowest BCUT2D eigenvalue weighted by Gasteiger charge is -2.39. The summed E-state index contributed by atoms with van der Waals surface area (Å²) in [5.41, 5.74) is 1.90. The molecule has 0 aliphatic carbocycles. The third-order valence-corrected chi connectivity index (χ3v) is 5.46. The third-order valence-electron chi connectivity index (χ3n) is 5.46. The topological polar surface area (TPSA) is 94.2 Å². The first-order valence-corrected chi connectivity index (χ1v) is 9.61. The fraction of sp³-hybridized carbons (Fsp3) is 0.318. The number of esters is 1. The Balaban J connectivity index is 1.71. The second kappa shape index (κ2) is 8.06. The van der Waals surface area contributed by atoms with E-state index in [4.69, 9.17) is 9.47 Å². The fourth-order valence-corrected chi connectivity index (χ4v) is 3.97. The molecular formula is C22H22N2O6. The van der Waals surface area contributed by atoms with Crippen LogP contribution in [0.4, 0.5) is 0 Å². The Morgan fingerprint density at radius 3 is 2.73 bits per heavy atom. The monoisotopic (exact) mass is 410 g/mol.